The van der Waals surface area contributed by atoms with Gasteiger partial charge in [-0.05, 0) is 48.9 Å². The number of hydrogen-bond donors (Lipinski definition) is 2. The molecule has 0 aliphatic rings. The van der Waals surface area contributed by atoms with Gasteiger partial charge in [0.25, 0.3) is 15.7 Å². The van der Waals surface area contributed by atoms with Crippen LogP contribution in [0.2, 0.25) is 5.02 Å². The summed E-state index contributed by atoms with van der Waals surface area (Å²) in [5.74, 6) is 0. The third-order valence-electron chi connectivity index (χ3n) is 4.01. The van der Waals surface area contributed by atoms with Crippen molar-refractivity contribution in [3.05, 3.63) is 93.0 Å². The Kier molecular flexibility index (Phi) is 6.34. The Hall–Kier alpha value is -3.43. The van der Waals surface area contributed by atoms with Gasteiger partial charge in [-0.25, -0.2) is 8.42 Å². The molecule has 0 aromatic heterocycles. The monoisotopic (exact) mass is 444 g/mol. The molecule has 0 atom stereocenters. The highest BCUT2D eigenvalue weighted by Crippen LogP contribution is 2.28. The average Bonchev–Trinajstić information content (AvgIpc) is 2.69. The second-order valence-corrected chi connectivity index (χ2v) is 8.45. The van der Waals surface area contributed by atoms with Crippen molar-refractivity contribution in [1.82, 2.24) is 0 Å². The number of hydrazone groups is 1. The minimum Gasteiger partial charge on any atom is -0.280 e. The van der Waals surface area contributed by atoms with E-state index in [0.717, 1.165) is 17.2 Å². The van der Waals surface area contributed by atoms with Crippen LogP contribution in [0.3, 0.4) is 0 Å². The molecular weight excluding hydrogens is 428 g/mol. The molecule has 0 saturated heterocycles. The Bertz CT molecular complexity index is 1210. The van der Waals surface area contributed by atoms with Gasteiger partial charge in [0.05, 0.1) is 16.0 Å². The summed E-state index contributed by atoms with van der Waals surface area (Å²) in [6.45, 7) is 1.94. The lowest BCUT2D eigenvalue weighted by Gasteiger charge is -2.09. The number of nitrogens with one attached hydrogen (secondary N) is 2. The van der Waals surface area contributed by atoms with E-state index in [-0.39, 0.29) is 16.3 Å². The molecule has 0 heterocycles. The van der Waals surface area contributed by atoms with Gasteiger partial charge in [0.15, 0.2) is 0 Å². The fraction of sp³-hybridized carbons (Fsp3) is 0.0500. The van der Waals surface area contributed by atoms with Gasteiger partial charge in [-0.3, -0.25) is 20.3 Å². The van der Waals surface area contributed by atoms with Gasteiger partial charge in [0, 0.05) is 16.8 Å². The summed E-state index contributed by atoms with van der Waals surface area (Å²) in [6.07, 6.45) is 1.52. The summed E-state index contributed by atoms with van der Waals surface area (Å²) < 4.78 is 27.5. The van der Waals surface area contributed by atoms with Crippen LogP contribution in [0.1, 0.15) is 11.1 Å². The third kappa shape index (κ3) is 5.34. The van der Waals surface area contributed by atoms with Gasteiger partial charge in [-0.15, -0.1) is 0 Å². The van der Waals surface area contributed by atoms with Gasteiger partial charge in [-0.2, -0.15) is 5.10 Å². The largest absolute Gasteiger partial charge is 0.295 e. The van der Waals surface area contributed by atoms with Crippen LogP contribution in [-0.2, 0) is 10.0 Å². The molecule has 2 N–H and O–H groups in total. The number of nitro benzene ring substituents is 1. The molecule has 30 heavy (non-hydrogen) atoms. The van der Waals surface area contributed by atoms with Crippen LogP contribution in [0.25, 0.3) is 0 Å². The number of halogens is 1. The van der Waals surface area contributed by atoms with Gasteiger partial charge >= 0.3 is 0 Å². The number of aryl methyl sites for hydroxylation is 1. The van der Waals surface area contributed by atoms with E-state index < -0.39 is 20.6 Å². The first kappa shape index (κ1) is 21.3. The van der Waals surface area contributed by atoms with E-state index in [1.807, 2.05) is 31.2 Å². The van der Waals surface area contributed by atoms with E-state index in [2.05, 4.69) is 15.2 Å². The Morgan fingerprint density at radius 3 is 2.47 bits per heavy atom. The standard InChI is InChI=1S/C20H17ClN4O4S/c1-14-3-2-4-15(11-14)13-22-23-19-10-9-18(12-20(19)25(26)27)30(28,29)24-17-7-5-16(21)6-8-17/h2-13,23-24H,1H3. The first-order valence-corrected chi connectivity index (χ1v) is 10.5. The van der Waals surface area contributed by atoms with E-state index in [1.165, 1.54) is 42.6 Å². The molecule has 0 fully saturated rings. The molecule has 8 nitrogen and oxygen atoms in total. The number of sulfonamides is 1. The first-order valence-electron chi connectivity index (χ1n) is 8.67. The van der Waals surface area contributed by atoms with Crippen LogP contribution >= 0.6 is 11.6 Å². The summed E-state index contributed by atoms with van der Waals surface area (Å²) in [7, 11) is -4.03. The maximum absolute atomic E-state index is 12.6. The molecule has 3 aromatic rings. The van der Waals surface area contributed by atoms with Gasteiger partial charge < -0.3 is 0 Å². The summed E-state index contributed by atoms with van der Waals surface area (Å²) in [5, 5.41) is 15.9. The molecule has 10 heteroatoms. The molecule has 0 bridgehead atoms. The predicted molar refractivity (Wildman–Crippen MR) is 118 cm³/mol. The smallest absolute Gasteiger partial charge is 0.280 e. The Morgan fingerprint density at radius 2 is 1.80 bits per heavy atom. The zero-order valence-electron chi connectivity index (χ0n) is 15.7. The Morgan fingerprint density at radius 1 is 1.07 bits per heavy atom. The predicted octanol–water partition coefficient (Wildman–Crippen LogP) is 4.80. The zero-order chi connectivity index (χ0) is 21.7. The fourth-order valence-corrected chi connectivity index (χ4v) is 3.79. The van der Waals surface area contributed by atoms with E-state index in [0.29, 0.717) is 5.02 Å². The second-order valence-electron chi connectivity index (χ2n) is 6.33. The quantitative estimate of drug-likeness (QED) is 0.308. The number of rotatable bonds is 7. The summed E-state index contributed by atoms with van der Waals surface area (Å²) in [6, 6.07) is 17.1. The highest BCUT2D eigenvalue weighted by atomic mass is 35.5. The molecule has 0 aliphatic heterocycles. The third-order valence-corrected chi connectivity index (χ3v) is 5.64. The summed E-state index contributed by atoms with van der Waals surface area (Å²) >= 11 is 5.79. The van der Waals surface area contributed by atoms with Crippen LogP contribution in [0.4, 0.5) is 17.1 Å². The molecular formula is C20H17ClN4O4S. The van der Waals surface area contributed by atoms with Crippen molar-refractivity contribution >= 4 is 44.9 Å². The molecule has 0 saturated carbocycles. The van der Waals surface area contributed by atoms with Gasteiger partial charge in [0.1, 0.15) is 5.69 Å². The maximum atomic E-state index is 12.6. The lowest BCUT2D eigenvalue weighted by Crippen LogP contribution is -2.13. The number of nitro groups is 1. The van der Waals surface area contributed by atoms with Crippen molar-refractivity contribution in [3.63, 3.8) is 0 Å². The van der Waals surface area contributed by atoms with Gasteiger partial charge in [-0.1, -0.05) is 41.4 Å². The number of anilines is 2. The molecule has 3 aromatic carbocycles. The second kappa shape index (κ2) is 8.93. The average molecular weight is 445 g/mol. The van der Waals surface area contributed by atoms with Crippen molar-refractivity contribution in [1.29, 1.82) is 0 Å². The van der Waals surface area contributed by atoms with E-state index in [1.54, 1.807) is 0 Å². The SMILES string of the molecule is Cc1cccc(C=NNc2ccc(S(=O)(=O)Nc3ccc(Cl)cc3)cc2[N+](=O)[O-])c1. The van der Waals surface area contributed by atoms with Crippen LogP contribution < -0.4 is 10.1 Å². The molecule has 154 valence electrons. The van der Waals surface area contributed by atoms with Crippen LogP contribution in [0.15, 0.2) is 76.7 Å². The van der Waals surface area contributed by atoms with Crippen LogP contribution in [0.5, 0.6) is 0 Å². The van der Waals surface area contributed by atoms with E-state index >= 15 is 0 Å². The van der Waals surface area contributed by atoms with Crippen LogP contribution in [0, 0.1) is 17.0 Å². The Balaban J connectivity index is 1.83. The zero-order valence-corrected chi connectivity index (χ0v) is 17.3. The molecule has 0 aliphatic carbocycles. The van der Waals surface area contributed by atoms with Crippen molar-refractivity contribution < 1.29 is 13.3 Å². The summed E-state index contributed by atoms with van der Waals surface area (Å²) in [4.78, 5) is 10.5. The Labute approximate surface area is 178 Å². The lowest BCUT2D eigenvalue weighted by atomic mass is 10.2. The van der Waals surface area contributed by atoms with Crippen molar-refractivity contribution in [3.8, 4) is 0 Å². The van der Waals surface area contributed by atoms with E-state index in [4.69, 9.17) is 11.6 Å². The lowest BCUT2D eigenvalue weighted by molar-refractivity contribution is -0.384. The topological polar surface area (TPSA) is 114 Å². The molecule has 0 radical (unpaired) electrons. The highest BCUT2D eigenvalue weighted by Gasteiger charge is 2.21. The van der Waals surface area contributed by atoms with Crippen molar-refractivity contribution in [2.24, 2.45) is 5.10 Å². The molecule has 0 unspecified atom stereocenters. The molecule has 0 spiro atoms. The maximum Gasteiger partial charge on any atom is 0.295 e. The number of benzene rings is 3. The summed E-state index contributed by atoms with van der Waals surface area (Å²) in [5.41, 5.74) is 4.39. The normalized spacial score (nSPS) is 11.4. The number of nitrogens with zero attached hydrogens (tertiary/aromatic N) is 2. The van der Waals surface area contributed by atoms with Crippen LogP contribution in [-0.4, -0.2) is 19.6 Å². The van der Waals surface area contributed by atoms with Crippen molar-refractivity contribution in [2.45, 2.75) is 11.8 Å². The fourth-order valence-electron chi connectivity index (χ4n) is 2.58. The number of hydrogen-bond acceptors (Lipinski definition) is 6. The van der Waals surface area contributed by atoms with Crippen molar-refractivity contribution in [2.75, 3.05) is 10.1 Å². The molecule has 0 amide bonds. The first-order chi connectivity index (χ1) is 14.2. The minimum absolute atomic E-state index is 0.0642. The molecule has 3 rings (SSSR count). The highest BCUT2D eigenvalue weighted by molar-refractivity contribution is 7.92. The van der Waals surface area contributed by atoms with Gasteiger partial charge in [0.2, 0.25) is 0 Å². The van der Waals surface area contributed by atoms with E-state index in [9.17, 15) is 18.5 Å². The minimum atomic E-state index is -4.03.